The second-order valence-corrected chi connectivity index (χ2v) is 8.61. The van der Waals surface area contributed by atoms with Gasteiger partial charge in [-0.3, -0.25) is 4.79 Å². The summed E-state index contributed by atoms with van der Waals surface area (Å²) in [5.41, 5.74) is 4.91. The third-order valence-electron chi connectivity index (χ3n) is 5.43. The van der Waals surface area contributed by atoms with Crippen LogP contribution in [0.25, 0.3) is 0 Å². The maximum atomic E-state index is 12.6. The van der Waals surface area contributed by atoms with Crippen LogP contribution in [0.1, 0.15) is 43.0 Å². The van der Waals surface area contributed by atoms with Crippen LogP contribution in [0.2, 0.25) is 5.02 Å². The molecular weight excluding hydrogens is 394 g/mol. The molecule has 4 heteroatoms. The molecule has 0 saturated heterocycles. The summed E-state index contributed by atoms with van der Waals surface area (Å²) in [6.45, 7) is 10.0. The lowest BCUT2D eigenvalue weighted by Crippen LogP contribution is -2.30. The first kappa shape index (κ1) is 21.9. The van der Waals surface area contributed by atoms with Gasteiger partial charge in [0.1, 0.15) is 5.75 Å². The average molecular weight is 422 g/mol. The molecule has 0 spiro atoms. The van der Waals surface area contributed by atoms with Crippen LogP contribution in [0.5, 0.6) is 5.75 Å². The zero-order chi connectivity index (χ0) is 21.9. The Kier molecular flexibility index (Phi) is 6.52. The lowest BCUT2D eigenvalue weighted by atomic mass is 9.78. The van der Waals surface area contributed by atoms with Crippen LogP contribution in [0.4, 0.5) is 5.69 Å². The van der Waals surface area contributed by atoms with E-state index < -0.39 is 6.10 Å². The standard InChI is InChI=1S/C26H28ClNO2/c1-17-15-18(2)24(23(27)16-17)28-25(29)19(3)30-22-13-11-21(12-14-22)26(4,5)20-9-7-6-8-10-20/h6-16,19H,1-5H3,(H,28,29). The number of halogens is 1. The molecular formula is C26H28ClNO2. The van der Waals surface area contributed by atoms with Crippen molar-refractivity contribution in [2.45, 2.75) is 46.1 Å². The lowest BCUT2D eigenvalue weighted by molar-refractivity contribution is -0.122. The van der Waals surface area contributed by atoms with Crippen LogP contribution < -0.4 is 10.1 Å². The summed E-state index contributed by atoms with van der Waals surface area (Å²) in [5, 5.41) is 3.42. The predicted octanol–water partition coefficient (Wildman–Crippen LogP) is 6.69. The van der Waals surface area contributed by atoms with Gasteiger partial charge >= 0.3 is 0 Å². The SMILES string of the molecule is Cc1cc(C)c(NC(=O)C(C)Oc2ccc(C(C)(C)c3ccccc3)cc2)c(Cl)c1. The van der Waals surface area contributed by atoms with Crippen molar-refractivity contribution in [2.24, 2.45) is 0 Å². The zero-order valence-electron chi connectivity index (χ0n) is 18.1. The highest BCUT2D eigenvalue weighted by Crippen LogP contribution is 2.32. The fraction of sp³-hybridized carbons (Fsp3) is 0.269. The van der Waals surface area contributed by atoms with Crippen LogP contribution in [-0.2, 0) is 10.2 Å². The Morgan fingerprint density at radius 3 is 2.17 bits per heavy atom. The molecule has 156 valence electrons. The number of carbonyl (C=O) groups excluding carboxylic acids is 1. The quantitative estimate of drug-likeness (QED) is 0.481. The summed E-state index contributed by atoms with van der Waals surface area (Å²) in [6, 6.07) is 22.1. The van der Waals surface area contributed by atoms with Gasteiger partial charge in [0.05, 0.1) is 10.7 Å². The van der Waals surface area contributed by atoms with Gasteiger partial charge in [-0.2, -0.15) is 0 Å². The highest BCUT2D eigenvalue weighted by atomic mass is 35.5. The van der Waals surface area contributed by atoms with Crippen molar-refractivity contribution in [1.29, 1.82) is 0 Å². The van der Waals surface area contributed by atoms with E-state index in [4.69, 9.17) is 16.3 Å². The number of anilines is 1. The van der Waals surface area contributed by atoms with Crippen molar-refractivity contribution in [1.82, 2.24) is 0 Å². The molecule has 30 heavy (non-hydrogen) atoms. The van der Waals surface area contributed by atoms with Gasteiger partial charge in [-0.1, -0.05) is 74.0 Å². The topological polar surface area (TPSA) is 38.3 Å². The van der Waals surface area contributed by atoms with Crippen LogP contribution in [-0.4, -0.2) is 12.0 Å². The average Bonchev–Trinajstić information content (AvgIpc) is 2.71. The fourth-order valence-electron chi connectivity index (χ4n) is 3.53. The second kappa shape index (κ2) is 8.93. The van der Waals surface area contributed by atoms with Crippen LogP contribution in [0, 0.1) is 13.8 Å². The molecule has 0 saturated carbocycles. The smallest absolute Gasteiger partial charge is 0.265 e. The maximum Gasteiger partial charge on any atom is 0.265 e. The molecule has 3 aromatic rings. The van der Waals surface area contributed by atoms with Crippen molar-refractivity contribution in [3.05, 3.63) is 94.0 Å². The van der Waals surface area contributed by atoms with E-state index in [9.17, 15) is 4.79 Å². The number of amides is 1. The van der Waals surface area contributed by atoms with Gasteiger partial charge in [-0.05, 0) is 61.2 Å². The number of hydrogen-bond donors (Lipinski definition) is 1. The number of carbonyl (C=O) groups is 1. The first-order chi connectivity index (χ1) is 14.2. The summed E-state index contributed by atoms with van der Waals surface area (Å²) in [6.07, 6.45) is -0.658. The molecule has 0 aliphatic heterocycles. The number of hydrogen-bond acceptors (Lipinski definition) is 2. The lowest BCUT2D eigenvalue weighted by Gasteiger charge is -2.26. The monoisotopic (exact) mass is 421 g/mol. The number of rotatable bonds is 6. The fourth-order valence-corrected chi connectivity index (χ4v) is 3.90. The number of ether oxygens (including phenoxy) is 1. The summed E-state index contributed by atoms with van der Waals surface area (Å²) < 4.78 is 5.87. The van der Waals surface area contributed by atoms with Crippen molar-refractivity contribution in [2.75, 3.05) is 5.32 Å². The molecule has 1 atom stereocenters. The Hall–Kier alpha value is -2.78. The van der Waals surface area contributed by atoms with Crippen LogP contribution >= 0.6 is 11.6 Å². The Morgan fingerprint density at radius 2 is 1.57 bits per heavy atom. The zero-order valence-corrected chi connectivity index (χ0v) is 18.9. The molecule has 3 aromatic carbocycles. The van der Waals surface area contributed by atoms with E-state index in [1.807, 2.05) is 56.3 Å². The van der Waals surface area contributed by atoms with Crippen molar-refractivity contribution < 1.29 is 9.53 Å². The third-order valence-corrected chi connectivity index (χ3v) is 5.73. The molecule has 0 radical (unpaired) electrons. The van der Waals surface area contributed by atoms with Gasteiger partial charge in [-0.15, -0.1) is 0 Å². The first-order valence-electron chi connectivity index (χ1n) is 10.1. The van der Waals surface area contributed by atoms with E-state index in [2.05, 4.69) is 43.4 Å². The van der Waals surface area contributed by atoms with E-state index in [1.54, 1.807) is 6.92 Å². The highest BCUT2D eigenvalue weighted by Gasteiger charge is 2.23. The van der Waals surface area contributed by atoms with E-state index in [-0.39, 0.29) is 11.3 Å². The van der Waals surface area contributed by atoms with Crippen LogP contribution in [0.15, 0.2) is 66.7 Å². The normalized spacial score (nSPS) is 12.3. The van der Waals surface area contributed by atoms with Crippen molar-refractivity contribution in [3.63, 3.8) is 0 Å². The van der Waals surface area contributed by atoms with Gasteiger partial charge in [0.2, 0.25) is 0 Å². The summed E-state index contributed by atoms with van der Waals surface area (Å²) in [4.78, 5) is 12.6. The number of nitrogens with one attached hydrogen (secondary N) is 1. The van der Waals surface area contributed by atoms with Gasteiger partial charge in [-0.25, -0.2) is 0 Å². The molecule has 1 N–H and O–H groups in total. The van der Waals surface area contributed by atoms with Crippen molar-refractivity contribution >= 4 is 23.2 Å². The van der Waals surface area contributed by atoms with Crippen LogP contribution in [0.3, 0.4) is 0 Å². The third kappa shape index (κ3) is 4.85. The maximum absolute atomic E-state index is 12.6. The largest absolute Gasteiger partial charge is 0.481 e. The minimum Gasteiger partial charge on any atom is -0.481 e. The Labute approximate surface area is 184 Å². The van der Waals surface area contributed by atoms with Gasteiger partial charge in [0.15, 0.2) is 6.10 Å². The minimum absolute atomic E-state index is 0.123. The molecule has 3 nitrogen and oxygen atoms in total. The summed E-state index contributed by atoms with van der Waals surface area (Å²) in [5.74, 6) is 0.412. The van der Waals surface area contributed by atoms with E-state index in [0.717, 1.165) is 11.1 Å². The molecule has 0 aliphatic carbocycles. The van der Waals surface area contributed by atoms with Gasteiger partial charge < -0.3 is 10.1 Å². The number of aryl methyl sites for hydroxylation is 2. The molecule has 0 heterocycles. The molecule has 1 amide bonds. The van der Waals surface area contributed by atoms with E-state index in [1.165, 1.54) is 11.1 Å². The van der Waals surface area contributed by atoms with Crippen molar-refractivity contribution in [3.8, 4) is 5.75 Å². The van der Waals surface area contributed by atoms with E-state index in [0.29, 0.717) is 16.5 Å². The molecule has 0 fully saturated rings. The summed E-state index contributed by atoms with van der Waals surface area (Å²) >= 11 is 6.30. The second-order valence-electron chi connectivity index (χ2n) is 8.20. The van der Waals surface area contributed by atoms with E-state index >= 15 is 0 Å². The Bertz CT molecular complexity index is 1000. The highest BCUT2D eigenvalue weighted by molar-refractivity contribution is 6.34. The molecule has 0 aromatic heterocycles. The Morgan fingerprint density at radius 1 is 0.967 bits per heavy atom. The minimum atomic E-state index is -0.658. The summed E-state index contributed by atoms with van der Waals surface area (Å²) in [7, 11) is 0. The molecule has 3 rings (SSSR count). The molecule has 0 aliphatic rings. The molecule has 0 bridgehead atoms. The Balaban J connectivity index is 1.69. The molecule has 1 unspecified atom stereocenters. The van der Waals surface area contributed by atoms with Gasteiger partial charge in [0, 0.05) is 5.41 Å². The van der Waals surface area contributed by atoms with Gasteiger partial charge in [0.25, 0.3) is 5.91 Å². The first-order valence-corrected chi connectivity index (χ1v) is 10.5. The number of benzene rings is 3. The predicted molar refractivity (Wildman–Crippen MR) is 125 cm³/mol.